The number of ketones is 1. The summed E-state index contributed by atoms with van der Waals surface area (Å²) in [4.78, 5) is 41.4. The molecule has 132 valence electrons. The standard InChI is InChI=1S/C19H21NO5/c1-3-24-17(22)19(18(23)25-4-2,13-14-9-6-5-7-10-14)16(21)15-11-8-12-20-15/h5-12,20H,3-4,13H2,1-2H3. The van der Waals surface area contributed by atoms with Gasteiger partial charge < -0.3 is 14.5 Å². The van der Waals surface area contributed by atoms with Crippen LogP contribution < -0.4 is 0 Å². The number of rotatable bonds is 8. The Kier molecular flexibility index (Phi) is 6.11. The van der Waals surface area contributed by atoms with Crippen LogP contribution in [0, 0.1) is 5.41 Å². The van der Waals surface area contributed by atoms with Crippen molar-refractivity contribution in [1.82, 2.24) is 4.98 Å². The third-order valence-electron chi connectivity index (χ3n) is 3.79. The van der Waals surface area contributed by atoms with E-state index in [1.54, 1.807) is 50.4 Å². The first-order valence-corrected chi connectivity index (χ1v) is 8.12. The number of aromatic nitrogens is 1. The van der Waals surface area contributed by atoms with Crippen molar-refractivity contribution >= 4 is 17.7 Å². The Morgan fingerprint density at radius 3 is 2.00 bits per heavy atom. The fourth-order valence-electron chi connectivity index (χ4n) is 2.61. The van der Waals surface area contributed by atoms with Crippen LogP contribution in [-0.2, 0) is 25.5 Å². The number of ether oxygens (including phenoxy) is 2. The summed E-state index contributed by atoms with van der Waals surface area (Å²) >= 11 is 0. The Balaban J connectivity index is 2.57. The Hall–Kier alpha value is -2.89. The number of carbonyl (C=O) groups is 3. The average molecular weight is 343 g/mol. The van der Waals surface area contributed by atoms with Crippen molar-refractivity contribution in [3.63, 3.8) is 0 Å². The van der Waals surface area contributed by atoms with Gasteiger partial charge in [-0.25, -0.2) is 0 Å². The largest absolute Gasteiger partial charge is 0.465 e. The lowest BCUT2D eigenvalue weighted by Gasteiger charge is -2.27. The highest BCUT2D eigenvalue weighted by molar-refractivity contribution is 6.25. The van der Waals surface area contributed by atoms with Crippen LogP contribution in [0.2, 0.25) is 0 Å². The zero-order valence-electron chi connectivity index (χ0n) is 14.3. The molecule has 0 bridgehead atoms. The van der Waals surface area contributed by atoms with E-state index < -0.39 is 23.1 Å². The van der Waals surface area contributed by atoms with Crippen molar-refractivity contribution in [3.05, 3.63) is 59.9 Å². The molecule has 6 nitrogen and oxygen atoms in total. The van der Waals surface area contributed by atoms with E-state index in [9.17, 15) is 14.4 Å². The molecule has 25 heavy (non-hydrogen) atoms. The highest BCUT2D eigenvalue weighted by Gasteiger charge is 2.56. The van der Waals surface area contributed by atoms with Crippen molar-refractivity contribution in [2.45, 2.75) is 20.3 Å². The zero-order valence-corrected chi connectivity index (χ0v) is 14.3. The Morgan fingerprint density at radius 2 is 1.52 bits per heavy atom. The molecule has 0 atom stereocenters. The number of H-pyrrole nitrogens is 1. The molecule has 1 heterocycles. The minimum absolute atomic E-state index is 0.0484. The summed E-state index contributed by atoms with van der Waals surface area (Å²) in [6.45, 7) is 3.34. The Morgan fingerprint density at radius 1 is 0.920 bits per heavy atom. The molecule has 1 aromatic carbocycles. The van der Waals surface area contributed by atoms with E-state index in [2.05, 4.69) is 4.98 Å². The molecule has 0 amide bonds. The highest BCUT2D eigenvalue weighted by Crippen LogP contribution is 2.31. The van der Waals surface area contributed by atoms with Crippen LogP contribution in [0.1, 0.15) is 29.9 Å². The van der Waals surface area contributed by atoms with Crippen molar-refractivity contribution < 1.29 is 23.9 Å². The van der Waals surface area contributed by atoms with Crippen molar-refractivity contribution in [3.8, 4) is 0 Å². The topological polar surface area (TPSA) is 85.5 Å². The minimum Gasteiger partial charge on any atom is -0.465 e. The van der Waals surface area contributed by atoms with Crippen LogP contribution in [0.25, 0.3) is 0 Å². The second-order valence-corrected chi connectivity index (χ2v) is 5.42. The smallest absolute Gasteiger partial charge is 0.332 e. The van der Waals surface area contributed by atoms with Gasteiger partial charge in [-0.1, -0.05) is 30.3 Å². The van der Waals surface area contributed by atoms with Crippen LogP contribution >= 0.6 is 0 Å². The number of hydrogen-bond acceptors (Lipinski definition) is 5. The summed E-state index contributed by atoms with van der Waals surface area (Å²) in [5, 5.41) is 0. The van der Waals surface area contributed by atoms with Gasteiger partial charge in [0.25, 0.3) is 0 Å². The molecule has 0 aliphatic rings. The van der Waals surface area contributed by atoms with Crippen LogP contribution in [0.4, 0.5) is 0 Å². The number of nitrogens with one attached hydrogen (secondary N) is 1. The number of carbonyl (C=O) groups excluding carboxylic acids is 3. The van der Waals surface area contributed by atoms with E-state index >= 15 is 0 Å². The van der Waals surface area contributed by atoms with Gasteiger partial charge in [-0.15, -0.1) is 0 Å². The fourth-order valence-corrected chi connectivity index (χ4v) is 2.61. The summed E-state index contributed by atoms with van der Waals surface area (Å²) in [6, 6.07) is 12.0. The second kappa shape index (κ2) is 8.28. The molecule has 0 fully saturated rings. The number of aromatic amines is 1. The molecule has 0 aliphatic heterocycles. The number of benzene rings is 1. The van der Waals surface area contributed by atoms with Crippen LogP contribution in [0.15, 0.2) is 48.7 Å². The lowest BCUT2D eigenvalue weighted by Crippen LogP contribution is -2.50. The van der Waals surface area contributed by atoms with Gasteiger partial charge in [0.1, 0.15) is 0 Å². The van der Waals surface area contributed by atoms with Gasteiger partial charge in [0.2, 0.25) is 11.2 Å². The SMILES string of the molecule is CCOC(=O)C(Cc1ccccc1)(C(=O)OCC)C(=O)c1ccc[nH]1. The molecule has 1 aromatic heterocycles. The molecule has 2 rings (SSSR count). The summed E-state index contributed by atoms with van der Waals surface area (Å²) in [6.07, 6.45) is 1.42. The first kappa shape index (κ1) is 18.4. The number of Topliss-reactive ketones (excluding diaryl/α,β-unsaturated/α-hetero) is 1. The van der Waals surface area contributed by atoms with Gasteiger partial charge >= 0.3 is 11.9 Å². The van der Waals surface area contributed by atoms with E-state index in [0.717, 1.165) is 0 Å². The van der Waals surface area contributed by atoms with Gasteiger partial charge in [-0.05, 0) is 31.5 Å². The molecule has 0 saturated carbocycles. The lowest BCUT2D eigenvalue weighted by molar-refractivity contribution is -0.167. The third kappa shape index (κ3) is 3.79. The molecule has 0 spiro atoms. The summed E-state index contributed by atoms with van der Waals surface area (Å²) < 4.78 is 10.2. The zero-order chi connectivity index (χ0) is 18.3. The van der Waals surface area contributed by atoms with Crippen molar-refractivity contribution in [2.75, 3.05) is 13.2 Å². The normalized spacial score (nSPS) is 11.0. The van der Waals surface area contributed by atoms with Crippen LogP contribution in [0.5, 0.6) is 0 Å². The van der Waals surface area contributed by atoms with Crippen LogP contribution in [0.3, 0.4) is 0 Å². The van der Waals surface area contributed by atoms with E-state index in [4.69, 9.17) is 9.47 Å². The molecule has 0 aliphatic carbocycles. The third-order valence-corrected chi connectivity index (χ3v) is 3.79. The Labute approximate surface area is 146 Å². The molecule has 0 radical (unpaired) electrons. The summed E-state index contributed by atoms with van der Waals surface area (Å²) in [5.41, 5.74) is -1.28. The van der Waals surface area contributed by atoms with E-state index in [1.807, 2.05) is 6.07 Å². The average Bonchev–Trinajstić information content (AvgIpc) is 3.15. The molecule has 2 aromatic rings. The molecular weight excluding hydrogens is 322 g/mol. The van der Waals surface area contributed by atoms with E-state index in [1.165, 1.54) is 6.07 Å². The quantitative estimate of drug-likeness (QED) is 0.452. The fraction of sp³-hybridized carbons (Fsp3) is 0.316. The lowest BCUT2D eigenvalue weighted by atomic mass is 9.76. The number of hydrogen-bond donors (Lipinski definition) is 1. The molecule has 0 saturated heterocycles. The maximum Gasteiger partial charge on any atom is 0.332 e. The van der Waals surface area contributed by atoms with Crippen molar-refractivity contribution in [2.24, 2.45) is 5.41 Å². The minimum atomic E-state index is -2.09. The maximum absolute atomic E-state index is 13.1. The predicted octanol–water partition coefficient (Wildman–Crippen LogP) is 2.55. The number of esters is 2. The van der Waals surface area contributed by atoms with Gasteiger partial charge in [-0.2, -0.15) is 0 Å². The molecule has 1 N–H and O–H groups in total. The van der Waals surface area contributed by atoms with Crippen molar-refractivity contribution in [1.29, 1.82) is 0 Å². The van der Waals surface area contributed by atoms with E-state index in [-0.39, 0.29) is 25.3 Å². The van der Waals surface area contributed by atoms with Gasteiger partial charge in [-0.3, -0.25) is 14.4 Å². The monoisotopic (exact) mass is 343 g/mol. The summed E-state index contributed by atoms with van der Waals surface area (Å²) in [5.74, 6) is -2.48. The van der Waals surface area contributed by atoms with Gasteiger partial charge in [0.15, 0.2) is 0 Å². The van der Waals surface area contributed by atoms with Crippen LogP contribution in [-0.4, -0.2) is 35.9 Å². The molecular formula is C19H21NO5. The van der Waals surface area contributed by atoms with E-state index in [0.29, 0.717) is 5.56 Å². The maximum atomic E-state index is 13.1. The molecule has 6 heteroatoms. The second-order valence-electron chi connectivity index (χ2n) is 5.42. The highest BCUT2D eigenvalue weighted by atomic mass is 16.6. The first-order valence-electron chi connectivity index (χ1n) is 8.12. The summed E-state index contributed by atoms with van der Waals surface area (Å²) in [7, 11) is 0. The van der Waals surface area contributed by atoms with Gasteiger partial charge in [0.05, 0.1) is 18.9 Å². The Bertz CT molecular complexity index is 704. The predicted molar refractivity (Wildman–Crippen MR) is 91.0 cm³/mol. The first-order chi connectivity index (χ1) is 12.1. The van der Waals surface area contributed by atoms with Gasteiger partial charge in [0, 0.05) is 12.6 Å². The molecule has 0 unspecified atom stereocenters.